The van der Waals surface area contributed by atoms with Gasteiger partial charge in [0.05, 0.1) is 6.04 Å². The molecule has 1 aromatic rings. The van der Waals surface area contributed by atoms with E-state index in [9.17, 15) is 4.79 Å². The van der Waals surface area contributed by atoms with Gasteiger partial charge in [0.1, 0.15) is 0 Å². The highest BCUT2D eigenvalue weighted by molar-refractivity contribution is 7.10. The van der Waals surface area contributed by atoms with Crippen LogP contribution in [0, 0.1) is 0 Å². The molecule has 0 saturated heterocycles. The van der Waals surface area contributed by atoms with Crippen LogP contribution >= 0.6 is 11.3 Å². The summed E-state index contributed by atoms with van der Waals surface area (Å²) in [6.45, 7) is 3.04. The number of carbonyl (C=O) groups excluding carboxylic acids is 1. The summed E-state index contributed by atoms with van der Waals surface area (Å²) in [6.07, 6.45) is 3.59. The summed E-state index contributed by atoms with van der Waals surface area (Å²) >= 11 is 1.71. The zero-order valence-electron chi connectivity index (χ0n) is 10.7. The molecule has 0 aromatic carbocycles. The van der Waals surface area contributed by atoms with Gasteiger partial charge in [-0.15, -0.1) is 11.3 Å². The third-order valence-corrected chi connectivity index (χ3v) is 3.62. The molecule has 0 bridgehead atoms. The van der Waals surface area contributed by atoms with Crippen molar-refractivity contribution < 1.29 is 4.79 Å². The first-order valence-corrected chi connectivity index (χ1v) is 7.13. The predicted molar refractivity (Wildman–Crippen MR) is 73.3 cm³/mol. The zero-order valence-corrected chi connectivity index (χ0v) is 11.5. The maximum Gasteiger partial charge on any atom is 0.220 e. The summed E-state index contributed by atoms with van der Waals surface area (Å²) in [7, 11) is 1.91. The Bertz CT molecular complexity index is 311. The Balaban J connectivity index is 2.41. The van der Waals surface area contributed by atoms with Crippen molar-refractivity contribution in [1.82, 2.24) is 10.6 Å². The number of hydrogen-bond donors (Lipinski definition) is 2. The Morgan fingerprint density at radius 2 is 2.35 bits per heavy atom. The van der Waals surface area contributed by atoms with Gasteiger partial charge in [-0.2, -0.15) is 0 Å². The normalized spacial score (nSPS) is 12.4. The van der Waals surface area contributed by atoms with Gasteiger partial charge >= 0.3 is 0 Å². The summed E-state index contributed by atoms with van der Waals surface area (Å²) in [4.78, 5) is 13.0. The molecule has 1 amide bonds. The lowest BCUT2D eigenvalue weighted by Gasteiger charge is -2.16. The summed E-state index contributed by atoms with van der Waals surface area (Å²) < 4.78 is 0. The van der Waals surface area contributed by atoms with Crippen LogP contribution in [0.1, 0.15) is 43.5 Å². The Kier molecular flexibility index (Phi) is 6.89. The van der Waals surface area contributed by atoms with Gasteiger partial charge in [0, 0.05) is 11.3 Å². The smallest absolute Gasteiger partial charge is 0.220 e. The molecule has 96 valence electrons. The molecule has 0 aliphatic rings. The van der Waals surface area contributed by atoms with E-state index in [0.29, 0.717) is 6.42 Å². The van der Waals surface area contributed by atoms with E-state index in [-0.39, 0.29) is 11.9 Å². The van der Waals surface area contributed by atoms with Gasteiger partial charge in [0.15, 0.2) is 0 Å². The van der Waals surface area contributed by atoms with Crippen LogP contribution < -0.4 is 10.6 Å². The topological polar surface area (TPSA) is 41.1 Å². The van der Waals surface area contributed by atoms with Gasteiger partial charge in [-0.3, -0.25) is 4.79 Å². The lowest BCUT2D eigenvalue weighted by Crippen LogP contribution is -2.28. The van der Waals surface area contributed by atoms with E-state index in [4.69, 9.17) is 0 Å². The van der Waals surface area contributed by atoms with E-state index in [1.807, 2.05) is 13.1 Å². The maximum atomic E-state index is 11.8. The van der Waals surface area contributed by atoms with E-state index in [0.717, 1.165) is 25.8 Å². The summed E-state index contributed by atoms with van der Waals surface area (Å²) in [6, 6.07) is 4.33. The molecule has 0 spiro atoms. The van der Waals surface area contributed by atoms with Crippen molar-refractivity contribution in [3.05, 3.63) is 22.4 Å². The van der Waals surface area contributed by atoms with E-state index in [2.05, 4.69) is 29.0 Å². The maximum absolute atomic E-state index is 11.8. The Hall–Kier alpha value is -0.870. The molecule has 17 heavy (non-hydrogen) atoms. The van der Waals surface area contributed by atoms with Crippen LogP contribution in [-0.4, -0.2) is 19.5 Å². The fourth-order valence-corrected chi connectivity index (χ4v) is 2.57. The Morgan fingerprint density at radius 3 is 2.94 bits per heavy atom. The second-order valence-corrected chi connectivity index (χ2v) is 5.11. The zero-order chi connectivity index (χ0) is 12.5. The molecule has 2 N–H and O–H groups in total. The quantitative estimate of drug-likeness (QED) is 0.700. The van der Waals surface area contributed by atoms with Crippen LogP contribution in [0.4, 0.5) is 0 Å². The number of rotatable bonds is 8. The van der Waals surface area contributed by atoms with Crippen molar-refractivity contribution in [3.8, 4) is 0 Å². The van der Waals surface area contributed by atoms with Gasteiger partial charge in [-0.05, 0) is 37.9 Å². The minimum absolute atomic E-state index is 0.159. The number of hydrogen-bond acceptors (Lipinski definition) is 3. The molecule has 4 heteroatoms. The second-order valence-electron chi connectivity index (χ2n) is 4.13. The Labute approximate surface area is 108 Å². The molecular weight excluding hydrogens is 232 g/mol. The molecule has 0 aliphatic heterocycles. The fraction of sp³-hybridized carbons (Fsp3) is 0.615. The first kappa shape index (κ1) is 14.2. The lowest BCUT2D eigenvalue weighted by atomic mass is 10.1. The number of thiophene rings is 1. The van der Waals surface area contributed by atoms with Crippen LogP contribution in [0.2, 0.25) is 0 Å². The first-order chi connectivity index (χ1) is 8.27. The highest BCUT2D eigenvalue weighted by Gasteiger charge is 2.14. The molecule has 1 heterocycles. The van der Waals surface area contributed by atoms with Crippen molar-refractivity contribution in [3.63, 3.8) is 0 Å². The van der Waals surface area contributed by atoms with Crippen molar-refractivity contribution >= 4 is 17.2 Å². The highest BCUT2D eigenvalue weighted by atomic mass is 32.1. The Morgan fingerprint density at radius 1 is 1.53 bits per heavy atom. The van der Waals surface area contributed by atoms with E-state index >= 15 is 0 Å². The average Bonchev–Trinajstić information content (AvgIpc) is 2.82. The van der Waals surface area contributed by atoms with E-state index in [1.54, 1.807) is 11.3 Å². The molecule has 1 atom stereocenters. The van der Waals surface area contributed by atoms with Crippen LogP contribution in [0.5, 0.6) is 0 Å². The summed E-state index contributed by atoms with van der Waals surface area (Å²) in [5, 5.41) is 8.23. The molecule has 0 fully saturated rings. The minimum Gasteiger partial charge on any atom is -0.348 e. The minimum atomic E-state index is 0.159. The van der Waals surface area contributed by atoms with Gasteiger partial charge in [0.25, 0.3) is 0 Å². The molecule has 0 aliphatic carbocycles. The number of carbonyl (C=O) groups is 1. The highest BCUT2D eigenvalue weighted by Crippen LogP contribution is 2.23. The van der Waals surface area contributed by atoms with Crippen LogP contribution in [0.15, 0.2) is 17.5 Å². The summed E-state index contributed by atoms with van der Waals surface area (Å²) in [5.41, 5.74) is 0. The molecular formula is C13H22N2OS. The third-order valence-electron chi connectivity index (χ3n) is 2.63. The predicted octanol–water partition coefficient (Wildman–Crippen LogP) is 2.71. The third kappa shape index (κ3) is 5.33. The van der Waals surface area contributed by atoms with Gasteiger partial charge in [0.2, 0.25) is 5.91 Å². The average molecular weight is 254 g/mol. The molecule has 0 radical (unpaired) electrons. The van der Waals surface area contributed by atoms with Gasteiger partial charge in [-0.1, -0.05) is 19.4 Å². The molecule has 0 saturated carbocycles. The van der Waals surface area contributed by atoms with Crippen molar-refractivity contribution in [1.29, 1.82) is 0 Å². The lowest BCUT2D eigenvalue weighted by molar-refractivity contribution is -0.121. The van der Waals surface area contributed by atoms with Crippen LogP contribution in [-0.2, 0) is 4.79 Å². The number of nitrogens with one attached hydrogen (secondary N) is 2. The van der Waals surface area contributed by atoms with E-state index < -0.39 is 0 Å². The van der Waals surface area contributed by atoms with Crippen molar-refractivity contribution in [2.24, 2.45) is 0 Å². The first-order valence-electron chi connectivity index (χ1n) is 6.25. The number of amides is 1. The van der Waals surface area contributed by atoms with Crippen LogP contribution in [0.25, 0.3) is 0 Å². The summed E-state index contributed by atoms with van der Waals surface area (Å²) in [5.74, 6) is 0.159. The molecule has 1 aromatic heterocycles. The van der Waals surface area contributed by atoms with E-state index in [1.165, 1.54) is 4.88 Å². The van der Waals surface area contributed by atoms with Crippen molar-refractivity contribution in [2.75, 3.05) is 13.6 Å². The van der Waals surface area contributed by atoms with Crippen molar-refractivity contribution in [2.45, 2.75) is 38.6 Å². The molecule has 3 nitrogen and oxygen atoms in total. The van der Waals surface area contributed by atoms with Gasteiger partial charge in [-0.25, -0.2) is 0 Å². The largest absolute Gasteiger partial charge is 0.348 e. The monoisotopic (exact) mass is 254 g/mol. The second kappa shape index (κ2) is 8.25. The van der Waals surface area contributed by atoms with Gasteiger partial charge < -0.3 is 10.6 Å². The molecule has 1 unspecified atom stereocenters. The molecule has 1 rings (SSSR count). The fourth-order valence-electron chi connectivity index (χ4n) is 1.76. The van der Waals surface area contributed by atoms with Crippen LogP contribution in [0.3, 0.4) is 0 Å². The standard InChI is InChI=1S/C13H22N2OS/c1-3-6-11(12-7-5-10-17-12)15-13(16)8-4-9-14-2/h5,7,10-11,14H,3-4,6,8-9H2,1-2H3,(H,15,16). The SMILES string of the molecule is CCCC(NC(=O)CCCNC)c1cccs1.